The van der Waals surface area contributed by atoms with Gasteiger partial charge in [-0.25, -0.2) is 4.79 Å². The van der Waals surface area contributed by atoms with Crippen molar-refractivity contribution in [2.75, 3.05) is 12.3 Å². The molecule has 2 unspecified atom stereocenters. The fourth-order valence-corrected chi connectivity index (χ4v) is 2.93. The maximum atomic E-state index is 12.4. The molecule has 0 aliphatic carbocycles. The zero-order valence-electron chi connectivity index (χ0n) is 16.3. The van der Waals surface area contributed by atoms with Crippen molar-refractivity contribution < 1.29 is 33.3 Å². The molecule has 0 saturated carbocycles. The Bertz CT molecular complexity index is 851. The Morgan fingerprint density at radius 3 is 2.36 bits per heavy atom. The molecule has 11 nitrogen and oxygen atoms in total. The van der Waals surface area contributed by atoms with Crippen LogP contribution >= 0.6 is 0 Å². The lowest BCUT2D eigenvalue weighted by Gasteiger charge is -2.29. The average Bonchev–Trinajstić information content (AvgIpc) is 2.82. The number of carbonyl (C=O) groups is 3. The van der Waals surface area contributed by atoms with Crippen molar-refractivity contribution >= 4 is 23.7 Å². The van der Waals surface area contributed by atoms with Gasteiger partial charge in [0, 0.05) is 32.5 Å². The molecule has 1 aromatic heterocycles. The minimum atomic E-state index is -1.39. The van der Waals surface area contributed by atoms with Gasteiger partial charge in [-0.1, -0.05) is 0 Å². The molecular weight excluding hydrogens is 374 g/mol. The van der Waals surface area contributed by atoms with E-state index >= 15 is 0 Å². The summed E-state index contributed by atoms with van der Waals surface area (Å²) < 4.78 is 22.7. The summed E-state index contributed by atoms with van der Waals surface area (Å²) >= 11 is 0. The number of rotatable bonds is 5. The van der Waals surface area contributed by atoms with E-state index in [1.165, 1.54) is 33.9 Å². The summed E-state index contributed by atoms with van der Waals surface area (Å²) in [5.74, 6) is -1.89. The van der Waals surface area contributed by atoms with Gasteiger partial charge in [0.05, 0.1) is 0 Å². The van der Waals surface area contributed by atoms with Crippen LogP contribution in [0, 0.1) is 6.92 Å². The molecular formula is C17H23N3O8. The summed E-state index contributed by atoms with van der Waals surface area (Å²) in [6.07, 6.45) is -2.13. The average molecular weight is 397 g/mol. The third-order valence-corrected chi connectivity index (χ3v) is 4.18. The van der Waals surface area contributed by atoms with Crippen LogP contribution in [0.3, 0.4) is 0 Å². The van der Waals surface area contributed by atoms with Crippen molar-refractivity contribution in [2.24, 2.45) is 0 Å². The van der Waals surface area contributed by atoms with E-state index in [4.69, 9.17) is 24.7 Å². The Kier molecular flexibility index (Phi) is 6.07. The fraction of sp³-hybridized carbons (Fsp3) is 0.588. The van der Waals surface area contributed by atoms with Crippen LogP contribution in [-0.4, -0.2) is 51.9 Å². The lowest BCUT2D eigenvalue weighted by Crippen LogP contribution is -2.48. The highest BCUT2D eigenvalue weighted by atomic mass is 16.7. The van der Waals surface area contributed by atoms with Crippen molar-refractivity contribution in [3.8, 4) is 0 Å². The Morgan fingerprint density at radius 1 is 1.21 bits per heavy atom. The number of nitrogens with zero attached hydrogens (tertiary/aromatic N) is 2. The Hall–Kier alpha value is -2.95. The molecule has 154 valence electrons. The highest BCUT2D eigenvalue weighted by molar-refractivity contribution is 5.68. The molecule has 4 atom stereocenters. The van der Waals surface area contributed by atoms with Gasteiger partial charge in [0.15, 0.2) is 18.4 Å². The van der Waals surface area contributed by atoms with Crippen molar-refractivity contribution in [3.05, 3.63) is 22.2 Å². The maximum Gasteiger partial charge on any atom is 0.351 e. The van der Waals surface area contributed by atoms with E-state index in [-0.39, 0.29) is 12.4 Å². The number of anilines is 1. The predicted octanol–water partition coefficient (Wildman–Crippen LogP) is -0.152. The van der Waals surface area contributed by atoms with Crippen LogP contribution in [0.4, 0.5) is 5.82 Å². The molecule has 2 rings (SSSR count). The third kappa shape index (κ3) is 4.47. The SMILES string of the molecule is CC(=O)OC[C@@]1(C)O[C@@H](n2cc(C)c(N)nc2=O)C(OC(C)=O)C1OC(C)=O. The lowest BCUT2D eigenvalue weighted by molar-refractivity contribution is -0.174. The predicted molar refractivity (Wildman–Crippen MR) is 93.9 cm³/mol. The largest absolute Gasteiger partial charge is 0.463 e. The molecule has 1 aliphatic heterocycles. The van der Waals surface area contributed by atoms with Crippen LogP contribution in [0.25, 0.3) is 0 Å². The molecule has 1 saturated heterocycles. The Balaban J connectivity index is 2.55. The minimum absolute atomic E-state index is 0.0440. The number of ether oxygens (including phenoxy) is 4. The number of nitrogen functional groups attached to an aromatic ring is 1. The molecule has 1 aromatic rings. The van der Waals surface area contributed by atoms with Gasteiger partial charge in [-0.05, 0) is 13.8 Å². The molecule has 0 radical (unpaired) electrons. The molecule has 0 aromatic carbocycles. The smallest absolute Gasteiger partial charge is 0.351 e. The summed E-state index contributed by atoms with van der Waals surface area (Å²) in [5, 5.41) is 0. The first-order chi connectivity index (χ1) is 12.9. The van der Waals surface area contributed by atoms with E-state index < -0.39 is 47.6 Å². The van der Waals surface area contributed by atoms with Gasteiger partial charge >= 0.3 is 23.6 Å². The van der Waals surface area contributed by atoms with Gasteiger partial charge < -0.3 is 24.7 Å². The quantitative estimate of drug-likeness (QED) is 0.525. The highest BCUT2D eigenvalue weighted by Gasteiger charge is 2.58. The molecule has 2 N–H and O–H groups in total. The zero-order chi connectivity index (χ0) is 21.2. The van der Waals surface area contributed by atoms with Gasteiger partial charge in [0.1, 0.15) is 18.0 Å². The standard InChI is InChI=1S/C17H23N3O8/c1-8-6-20(16(24)19-14(8)18)15-12(26-10(3)22)13(27-11(4)23)17(5,28-15)7-25-9(2)21/h6,12-13,15H,7H2,1-5H3,(H2,18,19,24)/t12?,13?,15-,17-/m1/s1. The summed E-state index contributed by atoms with van der Waals surface area (Å²) in [5.41, 5.74) is 4.00. The third-order valence-electron chi connectivity index (χ3n) is 4.18. The Labute approximate surface area is 160 Å². The highest BCUT2D eigenvalue weighted by Crippen LogP contribution is 2.40. The number of carbonyl (C=O) groups excluding carboxylic acids is 3. The second-order valence-electron chi connectivity index (χ2n) is 6.70. The van der Waals surface area contributed by atoms with Crippen LogP contribution < -0.4 is 11.4 Å². The topological polar surface area (TPSA) is 149 Å². The molecule has 1 fully saturated rings. The van der Waals surface area contributed by atoms with E-state index in [1.807, 2.05) is 0 Å². The lowest BCUT2D eigenvalue weighted by atomic mass is 9.97. The number of hydrogen-bond donors (Lipinski definition) is 1. The monoisotopic (exact) mass is 397 g/mol. The van der Waals surface area contributed by atoms with Crippen molar-refractivity contribution in [3.63, 3.8) is 0 Å². The molecule has 2 heterocycles. The van der Waals surface area contributed by atoms with Crippen LogP contribution in [0.5, 0.6) is 0 Å². The zero-order valence-corrected chi connectivity index (χ0v) is 16.3. The first-order valence-corrected chi connectivity index (χ1v) is 8.45. The normalized spacial score (nSPS) is 26.5. The van der Waals surface area contributed by atoms with E-state index in [0.29, 0.717) is 5.56 Å². The molecule has 0 bridgehead atoms. The molecule has 11 heteroatoms. The number of aromatic nitrogens is 2. The fourth-order valence-electron chi connectivity index (χ4n) is 2.93. The number of nitrogens with two attached hydrogens (primary N) is 1. The van der Waals surface area contributed by atoms with Crippen LogP contribution in [-0.2, 0) is 33.3 Å². The van der Waals surface area contributed by atoms with Gasteiger partial charge in [-0.15, -0.1) is 0 Å². The second-order valence-corrected chi connectivity index (χ2v) is 6.70. The van der Waals surface area contributed by atoms with Gasteiger partial charge in [-0.3, -0.25) is 19.0 Å². The van der Waals surface area contributed by atoms with Crippen molar-refractivity contribution in [1.29, 1.82) is 0 Å². The summed E-state index contributed by atoms with van der Waals surface area (Å²) in [7, 11) is 0. The molecule has 1 aliphatic rings. The Morgan fingerprint density at radius 2 is 1.82 bits per heavy atom. The van der Waals surface area contributed by atoms with E-state index in [9.17, 15) is 19.2 Å². The minimum Gasteiger partial charge on any atom is -0.463 e. The van der Waals surface area contributed by atoms with Crippen LogP contribution in [0.15, 0.2) is 11.0 Å². The second kappa shape index (κ2) is 7.97. The van der Waals surface area contributed by atoms with E-state index in [0.717, 1.165) is 4.57 Å². The summed E-state index contributed by atoms with van der Waals surface area (Å²) in [6, 6.07) is 0. The van der Waals surface area contributed by atoms with Crippen LogP contribution in [0.1, 0.15) is 39.5 Å². The van der Waals surface area contributed by atoms with E-state index in [1.54, 1.807) is 6.92 Å². The summed E-state index contributed by atoms with van der Waals surface area (Å²) in [4.78, 5) is 50.7. The van der Waals surface area contributed by atoms with Gasteiger partial charge in [0.25, 0.3) is 0 Å². The van der Waals surface area contributed by atoms with Gasteiger partial charge in [0.2, 0.25) is 0 Å². The maximum absolute atomic E-state index is 12.4. The first-order valence-electron chi connectivity index (χ1n) is 8.45. The molecule has 28 heavy (non-hydrogen) atoms. The molecule has 0 amide bonds. The van der Waals surface area contributed by atoms with Gasteiger partial charge in [-0.2, -0.15) is 4.98 Å². The van der Waals surface area contributed by atoms with Crippen molar-refractivity contribution in [2.45, 2.75) is 58.7 Å². The van der Waals surface area contributed by atoms with Crippen LogP contribution in [0.2, 0.25) is 0 Å². The number of esters is 3. The van der Waals surface area contributed by atoms with E-state index in [2.05, 4.69) is 4.98 Å². The first kappa shape index (κ1) is 21.4. The molecule has 0 spiro atoms. The number of hydrogen-bond acceptors (Lipinski definition) is 10. The summed E-state index contributed by atoms with van der Waals surface area (Å²) in [6.45, 7) is 6.39. The number of aryl methyl sites for hydroxylation is 1. The van der Waals surface area contributed by atoms with Crippen molar-refractivity contribution in [1.82, 2.24) is 9.55 Å².